The molecule has 126 valence electrons. The summed E-state index contributed by atoms with van der Waals surface area (Å²) >= 11 is 0. The lowest BCUT2D eigenvalue weighted by Crippen LogP contribution is -2.42. The first-order valence-corrected chi connectivity index (χ1v) is 8.65. The smallest absolute Gasteiger partial charge is 0.319 e. The molecule has 2 fully saturated rings. The minimum Gasteiger partial charge on any atom is -0.490 e. The van der Waals surface area contributed by atoms with Crippen LogP contribution in [0.4, 0.5) is 10.5 Å². The molecule has 0 aliphatic heterocycles. The Hall–Kier alpha value is -1.75. The number of rotatable bonds is 4. The number of hydrogen-bond donors (Lipinski definition) is 3. The first-order chi connectivity index (χ1) is 11.1. The van der Waals surface area contributed by atoms with Crippen molar-refractivity contribution in [2.24, 2.45) is 0 Å². The van der Waals surface area contributed by atoms with Crippen molar-refractivity contribution in [3.05, 3.63) is 23.8 Å². The minimum absolute atomic E-state index is 0.145. The van der Waals surface area contributed by atoms with Gasteiger partial charge in [-0.2, -0.15) is 0 Å². The first kappa shape index (κ1) is 16.1. The number of anilines is 1. The number of amides is 2. The van der Waals surface area contributed by atoms with E-state index in [0.29, 0.717) is 6.10 Å². The van der Waals surface area contributed by atoms with Gasteiger partial charge in [0.2, 0.25) is 0 Å². The van der Waals surface area contributed by atoms with E-state index in [1.54, 1.807) is 0 Å². The predicted molar refractivity (Wildman–Crippen MR) is 89.9 cm³/mol. The van der Waals surface area contributed by atoms with Gasteiger partial charge in [0.15, 0.2) is 0 Å². The van der Waals surface area contributed by atoms with E-state index in [9.17, 15) is 9.90 Å². The summed E-state index contributed by atoms with van der Waals surface area (Å²) in [4.78, 5) is 12.1. The summed E-state index contributed by atoms with van der Waals surface area (Å²) in [5.74, 6) is 0.843. The molecule has 0 bridgehead atoms. The molecule has 0 aromatic heterocycles. The lowest BCUT2D eigenvalue weighted by molar-refractivity contribution is 0.151. The Balaban J connectivity index is 1.61. The third-order valence-corrected chi connectivity index (χ3v) is 4.92. The van der Waals surface area contributed by atoms with Crippen molar-refractivity contribution in [2.75, 3.05) is 5.32 Å². The summed E-state index contributed by atoms with van der Waals surface area (Å²) in [5, 5.41) is 15.5. The lowest BCUT2D eigenvalue weighted by Gasteiger charge is -2.19. The highest BCUT2D eigenvalue weighted by molar-refractivity contribution is 5.90. The molecular formula is C18H26N2O3. The van der Waals surface area contributed by atoms with E-state index in [4.69, 9.17) is 4.74 Å². The van der Waals surface area contributed by atoms with Crippen molar-refractivity contribution in [1.82, 2.24) is 5.32 Å². The van der Waals surface area contributed by atoms with Crippen molar-refractivity contribution in [3.8, 4) is 5.75 Å². The van der Waals surface area contributed by atoms with Crippen molar-refractivity contribution >= 4 is 11.7 Å². The average molecular weight is 318 g/mol. The van der Waals surface area contributed by atoms with Gasteiger partial charge in [0, 0.05) is 11.3 Å². The van der Waals surface area contributed by atoms with Crippen LogP contribution >= 0.6 is 0 Å². The predicted octanol–water partition coefficient (Wildman–Crippen LogP) is 3.35. The summed E-state index contributed by atoms with van der Waals surface area (Å²) in [5.41, 5.74) is 1.70. The van der Waals surface area contributed by atoms with Gasteiger partial charge in [-0.05, 0) is 64.0 Å². The van der Waals surface area contributed by atoms with E-state index in [1.165, 1.54) is 12.8 Å². The normalized spacial score (nSPS) is 24.6. The highest BCUT2D eigenvalue weighted by Crippen LogP contribution is 2.30. The SMILES string of the molecule is Cc1c(NC(=O)N[C@H]2CCC[C@H]2O)cccc1OC1CCCC1. The molecule has 23 heavy (non-hydrogen) atoms. The highest BCUT2D eigenvalue weighted by atomic mass is 16.5. The van der Waals surface area contributed by atoms with Crippen LogP contribution in [0.2, 0.25) is 0 Å². The Morgan fingerprint density at radius 2 is 1.96 bits per heavy atom. The minimum atomic E-state index is -0.432. The van der Waals surface area contributed by atoms with Crippen LogP contribution < -0.4 is 15.4 Å². The second kappa shape index (κ2) is 7.21. The number of nitrogens with one attached hydrogen (secondary N) is 2. The van der Waals surface area contributed by atoms with Gasteiger partial charge < -0.3 is 20.5 Å². The molecule has 0 unspecified atom stereocenters. The fourth-order valence-electron chi connectivity index (χ4n) is 3.50. The van der Waals surface area contributed by atoms with Crippen molar-refractivity contribution < 1.29 is 14.6 Å². The van der Waals surface area contributed by atoms with Crippen LogP contribution in [0.3, 0.4) is 0 Å². The van der Waals surface area contributed by atoms with Crippen molar-refractivity contribution in [1.29, 1.82) is 0 Å². The molecule has 2 amide bonds. The van der Waals surface area contributed by atoms with Gasteiger partial charge in [-0.15, -0.1) is 0 Å². The lowest BCUT2D eigenvalue weighted by atomic mass is 10.1. The monoisotopic (exact) mass is 318 g/mol. The number of hydrogen-bond acceptors (Lipinski definition) is 3. The maximum Gasteiger partial charge on any atom is 0.319 e. The van der Waals surface area contributed by atoms with E-state index in [2.05, 4.69) is 10.6 Å². The van der Waals surface area contributed by atoms with Gasteiger partial charge >= 0.3 is 6.03 Å². The number of carbonyl (C=O) groups is 1. The third-order valence-electron chi connectivity index (χ3n) is 4.92. The van der Waals surface area contributed by atoms with Crippen LogP contribution in [0.1, 0.15) is 50.5 Å². The van der Waals surface area contributed by atoms with Gasteiger partial charge in [-0.3, -0.25) is 0 Å². The molecule has 1 aromatic carbocycles. The molecular weight excluding hydrogens is 292 g/mol. The Morgan fingerprint density at radius 3 is 2.65 bits per heavy atom. The molecule has 3 rings (SSSR count). The van der Waals surface area contributed by atoms with Crippen molar-refractivity contribution in [2.45, 2.75) is 70.1 Å². The quantitative estimate of drug-likeness (QED) is 0.797. The number of aliphatic hydroxyl groups excluding tert-OH is 1. The van der Waals surface area contributed by atoms with Crippen LogP contribution in [0, 0.1) is 6.92 Å². The highest BCUT2D eigenvalue weighted by Gasteiger charge is 2.26. The van der Waals surface area contributed by atoms with E-state index in [-0.39, 0.29) is 12.1 Å². The molecule has 1 aromatic rings. The maximum absolute atomic E-state index is 12.1. The number of carbonyl (C=O) groups excluding carboxylic acids is 1. The van der Waals surface area contributed by atoms with E-state index in [0.717, 1.165) is 49.1 Å². The molecule has 5 nitrogen and oxygen atoms in total. The number of ether oxygens (including phenoxy) is 1. The largest absolute Gasteiger partial charge is 0.490 e. The topological polar surface area (TPSA) is 70.6 Å². The summed E-state index contributed by atoms with van der Waals surface area (Å²) < 4.78 is 6.07. The second-order valence-corrected chi connectivity index (χ2v) is 6.66. The fraction of sp³-hybridized carbons (Fsp3) is 0.611. The summed E-state index contributed by atoms with van der Waals surface area (Å²) in [6, 6.07) is 5.32. The molecule has 2 aliphatic rings. The number of benzene rings is 1. The van der Waals surface area contributed by atoms with Crippen LogP contribution in [0.5, 0.6) is 5.75 Å². The fourth-order valence-corrected chi connectivity index (χ4v) is 3.50. The summed E-state index contributed by atoms with van der Waals surface area (Å²) in [6.07, 6.45) is 7.09. The Kier molecular flexibility index (Phi) is 5.06. The maximum atomic E-state index is 12.1. The van der Waals surface area contributed by atoms with Gasteiger partial charge in [0.05, 0.1) is 18.2 Å². The Labute approximate surface area is 137 Å². The number of aliphatic hydroxyl groups is 1. The molecule has 5 heteroatoms. The van der Waals surface area contributed by atoms with E-state index < -0.39 is 6.10 Å². The summed E-state index contributed by atoms with van der Waals surface area (Å²) in [6.45, 7) is 1.96. The molecule has 0 heterocycles. The zero-order valence-electron chi connectivity index (χ0n) is 13.7. The molecule has 2 saturated carbocycles. The third kappa shape index (κ3) is 3.96. The Morgan fingerprint density at radius 1 is 1.17 bits per heavy atom. The van der Waals surface area contributed by atoms with Crippen LogP contribution in [0.25, 0.3) is 0 Å². The average Bonchev–Trinajstić information content (AvgIpc) is 3.16. The van der Waals surface area contributed by atoms with Gasteiger partial charge in [-0.25, -0.2) is 4.79 Å². The molecule has 0 spiro atoms. The standard InChI is InChI=1S/C18H26N2O3/c1-12-14(19-18(22)20-15-9-4-10-16(15)21)8-5-11-17(12)23-13-6-2-3-7-13/h5,8,11,13,15-16,21H,2-4,6-7,9-10H2,1H3,(H2,19,20,22)/t15-,16+/m0/s1. The molecule has 3 N–H and O–H groups in total. The van der Waals surface area contributed by atoms with Gasteiger partial charge in [0.1, 0.15) is 5.75 Å². The molecule has 2 atom stereocenters. The molecule has 0 saturated heterocycles. The van der Waals surface area contributed by atoms with E-state index >= 15 is 0 Å². The van der Waals surface area contributed by atoms with Crippen molar-refractivity contribution in [3.63, 3.8) is 0 Å². The van der Waals surface area contributed by atoms with E-state index in [1.807, 2.05) is 25.1 Å². The zero-order valence-corrected chi connectivity index (χ0v) is 13.7. The molecule has 0 radical (unpaired) electrons. The van der Waals surface area contributed by atoms with Crippen LogP contribution in [0.15, 0.2) is 18.2 Å². The second-order valence-electron chi connectivity index (χ2n) is 6.66. The van der Waals surface area contributed by atoms with Crippen LogP contribution in [-0.4, -0.2) is 29.4 Å². The zero-order chi connectivity index (χ0) is 16.2. The van der Waals surface area contributed by atoms with Gasteiger partial charge in [-0.1, -0.05) is 6.07 Å². The number of urea groups is 1. The van der Waals surface area contributed by atoms with Gasteiger partial charge in [0.25, 0.3) is 0 Å². The molecule has 2 aliphatic carbocycles. The summed E-state index contributed by atoms with van der Waals surface area (Å²) in [7, 11) is 0. The first-order valence-electron chi connectivity index (χ1n) is 8.65. The Bertz CT molecular complexity index is 555. The van der Waals surface area contributed by atoms with Crippen LogP contribution in [-0.2, 0) is 0 Å².